The molecule has 1 aromatic rings. The third-order valence-electron chi connectivity index (χ3n) is 3.11. The molecular formula is C13H20N2O4. The smallest absolute Gasteiger partial charge is 0.187 e. The maximum atomic E-state index is 9.50. The van der Waals surface area contributed by atoms with Crippen molar-refractivity contribution in [1.29, 1.82) is 0 Å². The summed E-state index contributed by atoms with van der Waals surface area (Å²) in [6, 6.07) is 3.16. The number of rotatable bonds is 5. The van der Waals surface area contributed by atoms with Gasteiger partial charge in [-0.2, -0.15) is 0 Å². The zero-order valence-electron chi connectivity index (χ0n) is 11.1. The first kappa shape index (κ1) is 13.8. The van der Waals surface area contributed by atoms with Crippen molar-refractivity contribution in [3.8, 4) is 17.2 Å². The molecule has 1 fully saturated rings. The summed E-state index contributed by atoms with van der Waals surface area (Å²) < 4.78 is 16.1. The fraction of sp³-hybridized carbons (Fsp3) is 0.538. The van der Waals surface area contributed by atoms with Gasteiger partial charge in [0.1, 0.15) is 18.0 Å². The van der Waals surface area contributed by atoms with Crippen molar-refractivity contribution < 1.29 is 19.3 Å². The van der Waals surface area contributed by atoms with E-state index in [9.17, 15) is 5.11 Å². The van der Waals surface area contributed by atoms with Gasteiger partial charge in [-0.15, -0.1) is 0 Å². The first-order chi connectivity index (χ1) is 9.22. The molecule has 0 amide bonds. The van der Waals surface area contributed by atoms with Gasteiger partial charge in [-0.25, -0.2) is 0 Å². The van der Waals surface area contributed by atoms with Gasteiger partial charge in [0.15, 0.2) is 11.5 Å². The van der Waals surface area contributed by atoms with E-state index in [-0.39, 0.29) is 11.4 Å². The van der Waals surface area contributed by atoms with Crippen LogP contribution in [0.25, 0.3) is 0 Å². The van der Waals surface area contributed by atoms with Gasteiger partial charge >= 0.3 is 0 Å². The largest absolute Gasteiger partial charge is 0.506 e. The lowest BCUT2D eigenvalue weighted by atomic mass is 10.2. The zero-order chi connectivity index (χ0) is 13.7. The molecule has 0 unspecified atom stereocenters. The maximum Gasteiger partial charge on any atom is 0.187 e. The fourth-order valence-corrected chi connectivity index (χ4v) is 2.00. The standard InChI is InChI=1S/C13H20N2O4/c1-17-13-11(3-2-10(16)12(13)14)19-9-6-15-4-7-18-8-5-15/h2-3,16H,4-9,14H2,1H3. The molecule has 1 aromatic carbocycles. The van der Waals surface area contributed by atoms with Crippen LogP contribution in [0, 0.1) is 0 Å². The van der Waals surface area contributed by atoms with Crippen LogP contribution >= 0.6 is 0 Å². The van der Waals surface area contributed by atoms with Gasteiger partial charge in [0.05, 0.1) is 20.3 Å². The van der Waals surface area contributed by atoms with Gasteiger partial charge < -0.3 is 25.1 Å². The molecule has 1 aliphatic heterocycles. The molecule has 0 bridgehead atoms. The summed E-state index contributed by atoms with van der Waals surface area (Å²) in [5.74, 6) is 0.922. The lowest BCUT2D eigenvalue weighted by molar-refractivity contribution is 0.0321. The van der Waals surface area contributed by atoms with E-state index in [2.05, 4.69) is 4.90 Å². The van der Waals surface area contributed by atoms with E-state index in [0.29, 0.717) is 18.1 Å². The molecule has 0 radical (unpaired) electrons. The van der Waals surface area contributed by atoms with Gasteiger partial charge in [-0.3, -0.25) is 4.90 Å². The molecule has 6 nitrogen and oxygen atoms in total. The normalized spacial score (nSPS) is 16.3. The van der Waals surface area contributed by atoms with Crippen LogP contribution in [0.4, 0.5) is 5.69 Å². The van der Waals surface area contributed by atoms with Gasteiger partial charge in [-0.05, 0) is 12.1 Å². The number of methoxy groups -OCH3 is 1. The minimum atomic E-state index is -0.00243. The predicted molar refractivity (Wildman–Crippen MR) is 71.8 cm³/mol. The second kappa shape index (κ2) is 6.49. The number of phenols is 1. The summed E-state index contributed by atoms with van der Waals surface area (Å²) in [6.45, 7) is 4.77. The van der Waals surface area contributed by atoms with Crippen LogP contribution in [-0.2, 0) is 4.74 Å². The molecule has 1 heterocycles. The van der Waals surface area contributed by atoms with E-state index in [1.54, 1.807) is 6.07 Å². The van der Waals surface area contributed by atoms with E-state index in [1.807, 2.05) is 0 Å². The van der Waals surface area contributed by atoms with E-state index in [1.165, 1.54) is 13.2 Å². The number of aromatic hydroxyl groups is 1. The van der Waals surface area contributed by atoms with E-state index in [4.69, 9.17) is 19.9 Å². The molecule has 106 valence electrons. The average molecular weight is 268 g/mol. The van der Waals surface area contributed by atoms with Crippen LogP contribution in [0.3, 0.4) is 0 Å². The summed E-state index contributed by atoms with van der Waals surface area (Å²) in [6.07, 6.45) is 0. The van der Waals surface area contributed by atoms with Crippen molar-refractivity contribution in [2.45, 2.75) is 0 Å². The van der Waals surface area contributed by atoms with Crippen LogP contribution in [0.5, 0.6) is 17.2 Å². The summed E-state index contributed by atoms with van der Waals surface area (Å²) in [5.41, 5.74) is 5.93. The number of nitrogens with two attached hydrogens (primary N) is 1. The van der Waals surface area contributed by atoms with Crippen LogP contribution in [0.1, 0.15) is 0 Å². The SMILES string of the molecule is COc1c(OCCN2CCOCC2)ccc(O)c1N. The molecule has 0 spiro atoms. The molecule has 0 atom stereocenters. The molecular weight excluding hydrogens is 248 g/mol. The number of hydrogen-bond donors (Lipinski definition) is 2. The number of hydrogen-bond acceptors (Lipinski definition) is 6. The Kier molecular flexibility index (Phi) is 4.70. The highest BCUT2D eigenvalue weighted by atomic mass is 16.5. The highest BCUT2D eigenvalue weighted by Crippen LogP contribution is 2.39. The highest BCUT2D eigenvalue weighted by molar-refractivity contribution is 5.67. The fourth-order valence-electron chi connectivity index (χ4n) is 2.00. The zero-order valence-corrected chi connectivity index (χ0v) is 11.1. The number of phenolic OH excluding ortho intramolecular Hbond substituents is 1. The van der Waals surface area contributed by atoms with Crippen molar-refractivity contribution in [3.05, 3.63) is 12.1 Å². The minimum Gasteiger partial charge on any atom is -0.506 e. The number of nitrogen functional groups attached to an aromatic ring is 1. The van der Waals surface area contributed by atoms with Gasteiger partial charge in [-0.1, -0.05) is 0 Å². The van der Waals surface area contributed by atoms with Crippen LogP contribution < -0.4 is 15.2 Å². The lowest BCUT2D eigenvalue weighted by Gasteiger charge is -2.26. The van der Waals surface area contributed by atoms with Gasteiger partial charge in [0, 0.05) is 19.6 Å². The van der Waals surface area contributed by atoms with Crippen LogP contribution in [0.2, 0.25) is 0 Å². The molecule has 19 heavy (non-hydrogen) atoms. The van der Waals surface area contributed by atoms with E-state index >= 15 is 0 Å². The summed E-state index contributed by atoms with van der Waals surface area (Å²) in [7, 11) is 1.50. The van der Waals surface area contributed by atoms with Crippen molar-refractivity contribution in [2.75, 3.05) is 52.3 Å². The monoisotopic (exact) mass is 268 g/mol. The van der Waals surface area contributed by atoms with E-state index < -0.39 is 0 Å². The highest BCUT2D eigenvalue weighted by Gasteiger charge is 2.14. The molecule has 0 saturated carbocycles. The molecule has 2 rings (SSSR count). The number of ether oxygens (including phenoxy) is 3. The van der Waals surface area contributed by atoms with E-state index in [0.717, 1.165) is 32.8 Å². The Hall–Kier alpha value is -1.66. The first-order valence-corrected chi connectivity index (χ1v) is 6.30. The second-order valence-corrected chi connectivity index (χ2v) is 4.33. The third kappa shape index (κ3) is 3.42. The summed E-state index contributed by atoms with van der Waals surface area (Å²) in [5, 5.41) is 9.50. The summed E-state index contributed by atoms with van der Waals surface area (Å²) in [4.78, 5) is 2.28. The molecule has 6 heteroatoms. The minimum absolute atomic E-state index is 0.00243. The Morgan fingerprint density at radius 3 is 2.79 bits per heavy atom. The van der Waals surface area contributed by atoms with Crippen molar-refractivity contribution in [2.24, 2.45) is 0 Å². The summed E-state index contributed by atoms with van der Waals surface area (Å²) >= 11 is 0. The number of nitrogens with zero attached hydrogens (tertiary/aromatic N) is 1. The Labute approximate surface area is 112 Å². The molecule has 0 aromatic heterocycles. The molecule has 1 saturated heterocycles. The van der Waals surface area contributed by atoms with Crippen molar-refractivity contribution in [3.63, 3.8) is 0 Å². The van der Waals surface area contributed by atoms with Gasteiger partial charge in [0.2, 0.25) is 0 Å². The van der Waals surface area contributed by atoms with Crippen LogP contribution in [-0.4, -0.2) is 56.6 Å². The first-order valence-electron chi connectivity index (χ1n) is 6.30. The third-order valence-corrected chi connectivity index (χ3v) is 3.11. The number of benzene rings is 1. The predicted octanol–water partition coefficient (Wildman–Crippen LogP) is 0.694. The quantitative estimate of drug-likeness (QED) is 0.604. The maximum absolute atomic E-state index is 9.50. The van der Waals surface area contributed by atoms with Crippen molar-refractivity contribution >= 4 is 5.69 Å². The molecule has 1 aliphatic rings. The van der Waals surface area contributed by atoms with Crippen LogP contribution in [0.15, 0.2) is 12.1 Å². The second-order valence-electron chi connectivity index (χ2n) is 4.33. The lowest BCUT2D eigenvalue weighted by Crippen LogP contribution is -2.38. The Bertz CT molecular complexity index is 419. The Morgan fingerprint density at radius 2 is 2.11 bits per heavy atom. The molecule has 3 N–H and O–H groups in total. The Balaban J connectivity index is 1.90. The number of morpholine rings is 1. The van der Waals surface area contributed by atoms with Crippen molar-refractivity contribution in [1.82, 2.24) is 4.90 Å². The van der Waals surface area contributed by atoms with Gasteiger partial charge in [0.25, 0.3) is 0 Å². The molecule has 0 aliphatic carbocycles. The Morgan fingerprint density at radius 1 is 1.37 bits per heavy atom. The average Bonchev–Trinajstić information content (AvgIpc) is 2.44. The number of anilines is 1. The topological polar surface area (TPSA) is 77.2 Å².